The van der Waals surface area contributed by atoms with E-state index in [1.54, 1.807) is 6.92 Å². The van der Waals surface area contributed by atoms with Crippen LogP contribution in [0, 0.1) is 20.8 Å². The maximum Gasteiger partial charge on any atom is 0.146 e. The van der Waals surface area contributed by atoms with Crippen LogP contribution in [0.1, 0.15) is 29.2 Å². The van der Waals surface area contributed by atoms with Crippen LogP contribution in [0.4, 0.5) is 0 Å². The van der Waals surface area contributed by atoms with Gasteiger partial charge in [-0.15, -0.1) is 0 Å². The van der Waals surface area contributed by atoms with E-state index in [0.29, 0.717) is 6.42 Å². The van der Waals surface area contributed by atoms with E-state index in [-0.39, 0.29) is 11.8 Å². The van der Waals surface area contributed by atoms with E-state index in [9.17, 15) is 4.79 Å². The Morgan fingerprint density at radius 1 is 1.27 bits per heavy atom. The maximum atomic E-state index is 11.1. The van der Waals surface area contributed by atoms with Gasteiger partial charge >= 0.3 is 0 Å². The molecule has 2 N–H and O–H groups in total. The van der Waals surface area contributed by atoms with Gasteiger partial charge in [-0.2, -0.15) is 0 Å². The summed E-state index contributed by atoms with van der Waals surface area (Å²) in [5, 5.41) is 0. The Morgan fingerprint density at radius 3 is 2.13 bits per heavy atom. The quantitative estimate of drug-likeness (QED) is 0.821. The van der Waals surface area contributed by atoms with Crippen molar-refractivity contribution < 1.29 is 4.79 Å². The molecule has 2 heteroatoms. The number of aryl methyl sites for hydroxylation is 3. The molecule has 15 heavy (non-hydrogen) atoms. The second kappa shape index (κ2) is 4.58. The van der Waals surface area contributed by atoms with Crippen molar-refractivity contribution >= 4 is 5.78 Å². The van der Waals surface area contributed by atoms with Gasteiger partial charge in [-0.25, -0.2) is 0 Å². The number of carbonyl (C=O) groups excluding carboxylic acids is 1. The number of hydrogen-bond donors (Lipinski definition) is 1. The molecular weight excluding hydrogens is 186 g/mol. The first-order valence-electron chi connectivity index (χ1n) is 5.24. The fourth-order valence-corrected chi connectivity index (χ4v) is 1.90. The molecule has 0 amide bonds. The third kappa shape index (κ3) is 2.90. The van der Waals surface area contributed by atoms with Gasteiger partial charge in [0.1, 0.15) is 5.78 Å². The largest absolute Gasteiger partial charge is 0.321 e. The molecule has 1 aromatic rings. The second-order valence-electron chi connectivity index (χ2n) is 4.30. The van der Waals surface area contributed by atoms with Crippen LogP contribution in [0.15, 0.2) is 12.1 Å². The molecule has 0 aliphatic heterocycles. The minimum atomic E-state index is -0.370. The average molecular weight is 205 g/mol. The van der Waals surface area contributed by atoms with Crippen LogP contribution in [0.2, 0.25) is 0 Å². The fourth-order valence-electron chi connectivity index (χ4n) is 1.90. The first-order chi connectivity index (χ1) is 6.91. The predicted octanol–water partition coefficient (Wildman–Crippen LogP) is 2.07. The number of Topliss-reactive ketones (excluding diaryl/α,β-unsaturated/α-hetero) is 1. The van der Waals surface area contributed by atoms with Crippen molar-refractivity contribution in [2.45, 2.75) is 40.2 Å². The third-order valence-electron chi connectivity index (χ3n) is 2.79. The van der Waals surface area contributed by atoms with Gasteiger partial charge in [-0.05, 0) is 50.8 Å². The van der Waals surface area contributed by atoms with Crippen LogP contribution in [0.25, 0.3) is 0 Å². The molecule has 82 valence electrons. The summed E-state index contributed by atoms with van der Waals surface area (Å²) in [5.41, 5.74) is 10.7. The van der Waals surface area contributed by atoms with Gasteiger partial charge in [0.25, 0.3) is 0 Å². The SMILES string of the molecule is CC(=O)C(N)Cc1c(C)cc(C)cc1C. The first-order valence-corrected chi connectivity index (χ1v) is 5.24. The molecule has 1 aromatic carbocycles. The van der Waals surface area contributed by atoms with Gasteiger partial charge in [0, 0.05) is 0 Å². The van der Waals surface area contributed by atoms with E-state index in [4.69, 9.17) is 5.73 Å². The van der Waals surface area contributed by atoms with E-state index < -0.39 is 0 Å². The van der Waals surface area contributed by atoms with E-state index in [2.05, 4.69) is 32.9 Å². The topological polar surface area (TPSA) is 43.1 Å². The van der Waals surface area contributed by atoms with E-state index >= 15 is 0 Å². The Hall–Kier alpha value is -1.15. The zero-order valence-electron chi connectivity index (χ0n) is 9.92. The molecule has 0 spiro atoms. The molecule has 1 atom stereocenters. The minimum absolute atomic E-state index is 0.0503. The lowest BCUT2D eigenvalue weighted by Crippen LogP contribution is -2.31. The fraction of sp³-hybridized carbons (Fsp3) is 0.462. The highest BCUT2D eigenvalue weighted by molar-refractivity contribution is 5.81. The van der Waals surface area contributed by atoms with Crippen molar-refractivity contribution in [3.8, 4) is 0 Å². The average Bonchev–Trinajstić information content (AvgIpc) is 2.10. The third-order valence-corrected chi connectivity index (χ3v) is 2.79. The van der Waals surface area contributed by atoms with Gasteiger partial charge in [0.05, 0.1) is 6.04 Å². The number of ketones is 1. The summed E-state index contributed by atoms with van der Waals surface area (Å²) in [6.07, 6.45) is 0.646. The number of rotatable bonds is 3. The summed E-state index contributed by atoms with van der Waals surface area (Å²) in [4.78, 5) is 11.1. The number of benzene rings is 1. The maximum absolute atomic E-state index is 11.1. The molecule has 0 saturated heterocycles. The van der Waals surface area contributed by atoms with Crippen LogP contribution < -0.4 is 5.73 Å². The molecule has 0 saturated carbocycles. The lowest BCUT2D eigenvalue weighted by atomic mass is 9.94. The molecule has 0 fully saturated rings. The summed E-state index contributed by atoms with van der Waals surface area (Å²) < 4.78 is 0. The van der Waals surface area contributed by atoms with Crippen LogP contribution in [0.5, 0.6) is 0 Å². The Morgan fingerprint density at radius 2 is 1.73 bits per heavy atom. The van der Waals surface area contributed by atoms with Gasteiger partial charge in [-0.1, -0.05) is 17.7 Å². The molecule has 0 aliphatic carbocycles. The molecule has 0 aromatic heterocycles. The lowest BCUT2D eigenvalue weighted by Gasteiger charge is -2.14. The van der Waals surface area contributed by atoms with Crippen molar-refractivity contribution in [3.05, 3.63) is 34.4 Å². The number of carbonyl (C=O) groups is 1. The second-order valence-corrected chi connectivity index (χ2v) is 4.30. The Kier molecular flexibility index (Phi) is 3.64. The van der Waals surface area contributed by atoms with Gasteiger partial charge in [0.2, 0.25) is 0 Å². The highest BCUT2D eigenvalue weighted by Crippen LogP contribution is 2.17. The summed E-state index contributed by atoms with van der Waals surface area (Å²) in [6.45, 7) is 7.77. The highest BCUT2D eigenvalue weighted by Gasteiger charge is 2.12. The zero-order chi connectivity index (χ0) is 11.6. The molecule has 0 aliphatic rings. The van der Waals surface area contributed by atoms with Crippen LogP contribution in [-0.2, 0) is 11.2 Å². The molecular formula is C13H19NO. The smallest absolute Gasteiger partial charge is 0.146 e. The van der Waals surface area contributed by atoms with Crippen LogP contribution in [-0.4, -0.2) is 11.8 Å². The molecule has 0 radical (unpaired) electrons. The predicted molar refractivity (Wildman–Crippen MR) is 63.0 cm³/mol. The Labute approximate surface area is 91.5 Å². The number of nitrogens with two attached hydrogens (primary N) is 1. The van der Waals surface area contributed by atoms with E-state index in [1.165, 1.54) is 22.3 Å². The first kappa shape index (κ1) is 11.9. The monoisotopic (exact) mass is 205 g/mol. The lowest BCUT2D eigenvalue weighted by molar-refractivity contribution is -0.118. The summed E-state index contributed by atoms with van der Waals surface area (Å²) in [5.74, 6) is 0.0503. The van der Waals surface area contributed by atoms with Crippen molar-refractivity contribution in [1.29, 1.82) is 0 Å². The summed E-state index contributed by atoms with van der Waals surface area (Å²) in [7, 11) is 0. The van der Waals surface area contributed by atoms with E-state index in [1.807, 2.05) is 0 Å². The van der Waals surface area contributed by atoms with E-state index in [0.717, 1.165) is 0 Å². The van der Waals surface area contributed by atoms with Gasteiger partial charge < -0.3 is 5.73 Å². The highest BCUT2D eigenvalue weighted by atomic mass is 16.1. The standard InChI is InChI=1S/C13H19NO/c1-8-5-9(2)12(10(3)6-8)7-13(14)11(4)15/h5-6,13H,7,14H2,1-4H3. The molecule has 0 bridgehead atoms. The van der Waals surface area contributed by atoms with Crippen LogP contribution in [0.3, 0.4) is 0 Å². The minimum Gasteiger partial charge on any atom is -0.321 e. The van der Waals surface area contributed by atoms with Crippen molar-refractivity contribution in [2.24, 2.45) is 5.73 Å². The Balaban J connectivity index is 3.00. The molecule has 1 rings (SSSR count). The van der Waals surface area contributed by atoms with Gasteiger partial charge in [-0.3, -0.25) is 4.79 Å². The zero-order valence-corrected chi connectivity index (χ0v) is 9.92. The van der Waals surface area contributed by atoms with Crippen molar-refractivity contribution in [2.75, 3.05) is 0 Å². The van der Waals surface area contributed by atoms with Crippen molar-refractivity contribution in [3.63, 3.8) is 0 Å². The summed E-state index contributed by atoms with van der Waals surface area (Å²) in [6, 6.07) is 3.90. The van der Waals surface area contributed by atoms with Gasteiger partial charge in [0.15, 0.2) is 0 Å². The normalized spacial score (nSPS) is 12.6. The molecule has 2 nitrogen and oxygen atoms in total. The number of hydrogen-bond acceptors (Lipinski definition) is 2. The van der Waals surface area contributed by atoms with Crippen molar-refractivity contribution in [1.82, 2.24) is 0 Å². The summed E-state index contributed by atoms with van der Waals surface area (Å²) >= 11 is 0. The van der Waals surface area contributed by atoms with Crippen LogP contribution >= 0.6 is 0 Å². The molecule has 1 unspecified atom stereocenters. The molecule has 0 heterocycles. The Bertz CT molecular complexity index is 359.